The summed E-state index contributed by atoms with van der Waals surface area (Å²) in [4.78, 5) is 10.0. The first-order chi connectivity index (χ1) is 5.20. The summed E-state index contributed by atoms with van der Waals surface area (Å²) in [5.74, 6) is 0. The fraction of sp³-hybridized carbons (Fsp3) is 0.500. The first-order valence-corrected chi connectivity index (χ1v) is 3.93. The van der Waals surface area contributed by atoms with Crippen molar-refractivity contribution in [2.24, 2.45) is 0 Å². The van der Waals surface area contributed by atoms with Gasteiger partial charge in [-0.25, -0.2) is 0 Å². The van der Waals surface area contributed by atoms with E-state index in [1.54, 1.807) is 6.08 Å². The molecule has 0 saturated heterocycles. The van der Waals surface area contributed by atoms with Crippen molar-refractivity contribution >= 4 is 6.29 Å². The van der Waals surface area contributed by atoms with E-state index < -0.39 is 0 Å². The highest BCUT2D eigenvalue weighted by molar-refractivity contribution is 5.65. The number of carbonyl (C=O) groups excluding carboxylic acids is 1. The second-order valence-corrected chi connectivity index (χ2v) is 2.78. The minimum Gasteiger partial charge on any atom is -0.299 e. The van der Waals surface area contributed by atoms with E-state index in [1.807, 2.05) is 13.8 Å². The lowest BCUT2D eigenvalue weighted by atomic mass is 10.1. The summed E-state index contributed by atoms with van der Waals surface area (Å²) in [6.07, 6.45) is 6.64. The maximum Gasteiger partial charge on any atom is 0.142 e. The molecule has 0 aliphatic heterocycles. The van der Waals surface area contributed by atoms with Crippen LogP contribution in [0.3, 0.4) is 0 Å². The smallest absolute Gasteiger partial charge is 0.142 e. The Bertz CT molecular complexity index is 175. The Kier molecular flexibility index (Phi) is 5.44. The lowest BCUT2D eigenvalue weighted by molar-refractivity contribution is -0.104. The Morgan fingerprint density at radius 1 is 1.18 bits per heavy atom. The van der Waals surface area contributed by atoms with E-state index >= 15 is 0 Å². The molecule has 0 saturated carbocycles. The molecule has 0 aromatic rings. The molecule has 0 aromatic heterocycles. The molecular weight excluding hydrogens is 136 g/mol. The predicted molar refractivity (Wildman–Crippen MR) is 48.5 cm³/mol. The van der Waals surface area contributed by atoms with E-state index in [4.69, 9.17) is 0 Å². The van der Waals surface area contributed by atoms with Crippen LogP contribution in [0.2, 0.25) is 0 Å². The van der Waals surface area contributed by atoms with E-state index in [0.29, 0.717) is 0 Å². The highest BCUT2D eigenvalue weighted by atomic mass is 16.1. The third kappa shape index (κ3) is 5.59. The number of aldehydes is 1. The van der Waals surface area contributed by atoms with Crippen LogP contribution in [-0.4, -0.2) is 6.29 Å². The van der Waals surface area contributed by atoms with Crippen molar-refractivity contribution < 1.29 is 4.79 Å². The van der Waals surface area contributed by atoms with Crippen molar-refractivity contribution in [1.82, 2.24) is 0 Å². The molecule has 1 nitrogen and oxygen atoms in total. The van der Waals surface area contributed by atoms with Crippen LogP contribution >= 0.6 is 0 Å². The third-order valence-electron chi connectivity index (χ3n) is 1.76. The molecule has 0 heterocycles. The number of rotatable bonds is 4. The summed E-state index contributed by atoms with van der Waals surface area (Å²) in [6, 6.07) is 0. The van der Waals surface area contributed by atoms with Crippen molar-refractivity contribution in [1.29, 1.82) is 0 Å². The number of hydrogen-bond donors (Lipinski definition) is 0. The molecule has 0 spiro atoms. The summed E-state index contributed by atoms with van der Waals surface area (Å²) in [5.41, 5.74) is 2.53. The first-order valence-electron chi connectivity index (χ1n) is 3.93. The largest absolute Gasteiger partial charge is 0.299 e. The topological polar surface area (TPSA) is 17.1 Å². The van der Waals surface area contributed by atoms with E-state index in [0.717, 1.165) is 24.7 Å². The molecule has 11 heavy (non-hydrogen) atoms. The van der Waals surface area contributed by atoms with Crippen LogP contribution in [0, 0.1) is 0 Å². The second-order valence-electron chi connectivity index (χ2n) is 2.78. The zero-order chi connectivity index (χ0) is 8.69. The van der Waals surface area contributed by atoms with Crippen molar-refractivity contribution in [3.05, 3.63) is 23.3 Å². The van der Waals surface area contributed by atoms with Crippen molar-refractivity contribution in [3.8, 4) is 0 Å². The molecule has 0 bridgehead atoms. The van der Waals surface area contributed by atoms with Gasteiger partial charge in [0, 0.05) is 0 Å². The fourth-order valence-electron chi connectivity index (χ4n) is 0.738. The average molecular weight is 152 g/mol. The normalized spacial score (nSPS) is 13.4. The van der Waals surface area contributed by atoms with E-state index in [-0.39, 0.29) is 0 Å². The van der Waals surface area contributed by atoms with Gasteiger partial charge in [0.2, 0.25) is 0 Å². The van der Waals surface area contributed by atoms with Gasteiger partial charge in [-0.2, -0.15) is 0 Å². The zero-order valence-corrected chi connectivity index (χ0v) is 7.55. The Labute approximate surface area is 68.8 Å². The van der Waals surface area contributed by atoms with Crippen LogP contribution in [0.5, 0.6) is 0 Å². The lowest BCUT2D eigenvalue weighted by Crippen LogP contribution is -1.80. The summed E-state index contributed by atoms with van der Waals surface area (Å²) >= 11 is 0. The molecule has 62 valence electrons. The van der Waals surface area contributed by atoms with E-state index in [1.165, 1.54) is 5.57 Å². The Hall–Kier alpha value is -0.850. The fourth-order valence-corrected chi connectivity index (χ4v) is 0.738. The highest BCUT2D eigenvalue weighted by Gasteiger charge is 1.90. The van der Waals surface area contributed by atoms with Gasteiger partial charge < -0.3 is 0 Å². The van der Waals surface area contributed by atoms with Crippen LogP contribution in [0.15, 0.2) is 23.3 Å². The van der Waals surface area contributed by atoms with Crippen LogP contribution < -0.4 is 0 Å². The summed E-state index contributed by atoms with van der Waals surface area (Å²) < 4.78 is 0. The lowest BCUT2D eigenvalue weighted by Gasteiger charge is -1.99. The molecule has 0 N–H and O–H groups in total. The Morgan fingerprint density at radius 2 is 1.73 bits per heavy atom. The molecule has 0 aromatic carbocycles. The molecule has 0 rings (SSSR count). The molecule has 0 fully saturated rings. The van der Waals surface area contributed by atoms with Crippen molar-refractivity contribution in [2.75, 3.05) is 0 Å². The van der Waals surface area contributed by atoms with Crippen molar-refractivity contribution in [3.63, 3.8) is 0 Å². The van der Waals surface area contributed by atoms with Gasteiger partial charge >= 0.3 is 0 Å². The minimum absolute atomic E-state index is 0.848. The monoisotopic (exact) mass is 152 g/mol. The van der Waals surface area contributed by atoms with Gasteiger partial charge in [-0.3, -0.25) is 4.79 Å². The summed E-state index contributed by atoms with van der Waals surface area (Å²) in [5, 5.41) is 0. The molecule has 0 atom stereocenters. The third-order valence-corrected chi connectivity index (χ3v) is 1.76. The van der Waals surface area contributed by atoms with Gasteiger partial charge in [-0.1, -0.05) is 17.2 Å². The number of carbonyl (C=O) groups is 1. The van der Waals surface area contributed by atoms with Gasteiger partial charge in [-0.05, 0) is 39.7 Å². The first kappa shape index (κ1) is 10.2. The molecule has 0 aliphatic carbocycles. The summed E-state index contributed by atoms with van der Waals surface area (Å²) in [7, 11) is 0. The van der Waals surface area contributed by atoms with Gasteiger partial charge in [0.05, 0.1) is 0 Å². The van der Waals surface area contributed by atoms with Gasteiger partial charge in [-0.15, -0.1) is 0 Å². The van der Waals surface area contributed by atoms with Gasteiger partial charge in [0.15, 0.2) is 0 Å². The van der Waals surface area contributed by atoms with Gasteiger partial charge in [0.25, 0.3) is 0 Å². The van der Waals surface area contributed by atoms with Crippen LogP contribution in [0.1, 0.15) is 33.6 Å². The number of allylic oxidation sites excluding steroid dienone is 4. The average Bonchev–Trinajstić information content (AvgIpc) is 2.01. The maximum atomic E-state index is 10.0. The number of hydrogen-bond acceptors (Lipinski definition) is 1. The molecule has 0 radical (unpaired) electrons. The maximum absolute atomic E-state index is 10.0. The quantitative estimate of drug-likeness (QED) is 0.344. The minimum atomic E-state index is 0.848. The molecular formula is C10H16O. The summed E-state index contributed by atoms with van der Waals surface area (Å²) in [6.45, 7) is 6.12. The Balaban J connectivity index is 3.70. The van der Waals surface area contributed by atoms with Crippen LogP contribution in [-0.2, 0) is 4.79 Å². The van der Waals surface area contributed by atoms with E-state index in [9.17, 15) is 4.79 Å². The van der Waals surface area contributed by atoms with Gasteiger partial charge in [0.1, 0.15) is 6.29 Å². The molecule has 0 unspecified atom stereocenters. The molecule has 1 heteroatoms. The predicted octanol–water partition coefficient (Wildman–Crippen LogP) is 2.88. The SMILES string of the molecule is C/C=C(\C)CC/C(C)=C\C=O. The zero-order valence-electron chi connectivity index (χ0n) is 7.55. The van der Waals surface area contributed by atoms with Crippen LogP contribution in [0.4, 0.5) is 0 Å². The van der Waals surface area contributed by atoms with Crippen molar-refractivity contribution in [2.45, 2.75) is 33.6 Å². The highest BCUT2D eigenvalue weighted by Crippen LogP contribution is 2.09. The second kappa shape index (κ2) is 5.90. The molecule has 0 aliphatic rings. The van der Waals surface area contributed by atoms with Crippen LogP contribution in [0.25, 0.3) is 0 Å². The van der Waals surface area contributed by atoms with E-state index in [2.05, 4.69) is 13.0 Å². The standard InChI is InChI=1S/C10H16O/c1-4-9(2)5-6-10(3)7-8-11/h4,7-8H,5-6H2,1-3H3/b9-4+,10-7-. The Morgan fingerprint density at radius 3 is 2.18 bits per heavy atom. The molecule has 0 amide bonds.